The summed E-state index contributed by atoms with van der Waals surface area (Å²) in [4.78, 5) is 17.4. The summed E-state index contributed by atoms with van der Waals surface area (Å²) in [6.07, 6.45) is 0. The van der Waals surface area contributed by atoms with Crippen molar-refractivity contribution >= 4 is 40.6 Å². The Morgan fingerprint density at radius 3 is 2.59 bits per heavy atom. The monoisotopic (exact) mass is 471 g/mol. The van der Waals surface area contributed by atoms with E-state index in [4.69, 9.17) is 11.6 Å². The SMILES string of the molecule is CCN1CCN(c2c(Cl)cccc2NC(=O)CSc2nnnn2-c2ccc(C)cc2)CC1. The molecule has 0 aliphatic carbocycles. The fourth-order valence-corrected chi connectivity index (χ4v) is 4.64. The van der Waals surface area contributed by atoms with Gasteiger partial charge in [0.25, 0.3) is 0 Å². The summed E-state index contributed by atoms with van der Waals surface area (Å²) in [5.41, 5.74) is 3.62. The Kier molecular flexibility index (Phi) is 7.29. The molecule has 0 unspecified atom stereocenters. The van der Waals surface area contributed by atoms with E-state index in [-0.39, 0.29) is 11.7 Å². The Bertz CT molecular complexity index is 1060. The Hall–Kier alpha value is -2.62. The fraction of sp³-hybridized carbons (Fsp3) is 0.364. The lowest BCUT2D eigenvalue weighted by molar-refractivity contribution is -0.113. The lowest BCUT2D eigenvalue weighted by atomic mass is 10.2. The number of carbonyl (C=O) groups is 1. The van der Waals surface area contributed by atoms with Gasteiger partial charge in [-0.15, -0.1) is 5.10 Å². The highest BCUT2D eigenvalue weighted by molar-refractivity contribution is 7.99. The lowest BCUT2D eigenvalue weighted by Gasteiger charge is -2.36. The number of amides is 1. The van der Waals surface area contributed by atoms with Gasteiger partial charge >= 0.3 is 0 Å². The largest absolute Gasteiger partial charge is 0.366 e. The number of aryl methyl sites for hydroxylation is 1. The summed E-state index contributed by atoms with van der Waals surface area (Å²) in [5.74, 6) is 0.0473. The molecule has 0 radical (unpaired) electrons. The van der Waals surface area contributed by atoms with E-state index in [2.05, 4.69) is 37.6 Å². The first-order chi connectivity index (χ1) is 15.5. The van der Waals surface area contributed by atoms with Crippen LogP contribution < -0.4 is 10.2 Å². The van der Waals surface area contributed by atoms with Gasteiger partial charge in [-0.25, -0.2) is 0 Å². The van der Waals surface area contributed by atoms with Crippen molar-refractivity contribution < 1.29 is 4.79 Å². The van der Waals surface area contributed by atoms with Crippen LogP contribution in [0.3, 0.4) is 0 Å². The highest BCUT2D eigenvalue weighted by Crippen LogP contribution is 2.34. The molecule has 32 heavy (non-hydrogen) atoms. The highest BCUT2D eigenvalue weighted by Gasteiger charge is 2.21. The minimum Gasteiger partial charge on any atom is -0.366 e. The second-order valence-electron chi connectivity index (χ2n) is 7.60. The number of para-hydroxylation sites is 1. The molecule has 2 aromatic carbocycles. The van der Waals surface area contributed by atoms with E-state index < -0.39 is 0 Å². The number of aromatic nitrogens is 4. The topological polar surface area (TPSA) is 79.2 Å². The first-order valence-electron chi connectivity index (χ1n) is 10.6. The highest BCUT2D eigenvalue weighted by atomic mass is 35.5. The first kappa shape index (κ1) is 22.6. The summed E-state index contributed by atoms with van der Waals surface area (Å²) >= 11 is 7.82. The van der Waals surface area contributed by atoms with Crippen molar-refractivity contribution in [2.75, 3.05) is 48.7 Å². The zero-order valence-electron chi connectivity index (χ0n) is 18.2. The molecule has 0 spiro atoms. The number of tetrazole rings is 1. The summed E-state index contributed by atoms with van der Waals surface area (Å²) in [6, 6.07) is 13.5. The second-order valence-corrected chi connectivity index (χ2v) is 8.95. The third kappa shape index (κ3) is 5.23. The number of halogens is 1. The second kappa shape index (κ2) is 10.3. The van der Waals surface area contributed by atoms with E-state index in [0.29, 0.717) is 10.2 Å². The summed E-state index contributed by atoms with van der Waals surface area (Å²) < 4.78 is 1.63. The van der Waals surface area contributed by atoms with Gasteiger partial charge in [0.15, 0.2) is 0 Å². The quantitative estimate of drug-likeness (QED) is 0.528. The maximum absolute atomic E-state index is 12.8. The van der Waals surface area contributed by atoms with Crippen LogP contribution in [-0.2, 0) is 4.79 Å². The third-order valence-electron chi connectivity index (χ3n) is 5.45. The van der Waals surface area contributed by atoms with Crippen LogP contribution in [-0.4, -0.2) is 69.5 Å². The molecule has 10 heteroatoms. The number of nitrogens with one attached hydrogen (secondary N) is 1. The van der Waals surface area contributed by atoms with E-state index in [1.54, 1.807) is 4.68 Å². The zero-order valence-corrected chi connectivity index (χ0v) is 19.7. The van der Waals surface area contributed by atoms with Gasteiger partial charge in [-0.1, -0.05) is 54.0 Å². The average Bonchev–Trinajstić information content (AvgIpc) is 3.27. The molecule has 1 saturated heterocycles. The van der Waals surface area contributed by atoms with Crippen LogP contribution in [0, 0.1) is 6.92 Å². The van der Waals surface area contributed by atoms with Crippen LogP contribution in [0.5, 0.6) is 0 Å². The molecule has 1 fully saturated rings. The van der Waals surface area contributed by atoms with Crippen molar-refractivity contribution in [3.8, 4) is 5.69 Å². The minimum absolute atomic E-state index is 0.135. The van der Waals surface area contributed by atoms with Crippen LogP contribution in [0.25, 0.3) is 5.69 Å². The lowest BCUT2D eigenvalue weighted by Crippen LogP contribution is -2.46. The number of hydrogen-bond acceptors (Lipinski definition) is 7. The molecule has 1 N–H and O–H groups in total. The minimum atomic E-state index is -0.135. The van der Waals surface area contributed by atoms with Gasteiger partial charge in [-0.05, 0) is 48.2 Å². The molecular weight excluding hydrogens is 446 g/mol. The summed E-state index contributed by atoms with van der Waals surface area (Å²) in [6.45, 7) is 8.94. The van der Waals surface area contributed by atoms with Crippen molar-refractivity contribution in [3.63, 3.8) is 0 Å². The van der Waals surface area contributed by atoms with Crippen molar-refractivity contribution in [3.05, 3.63) is 53.1 Å². The third-order valence-corrected chi connectivity index (χ3v) is 6.67. The van der Waals surface area contributed by atoms with E-state index in [9.17, 15) is 4.79 Å². The molecule has 1 aliphatic rings. The molecule has 168 valence electrons. The number of rotatable bonds is 7. The Morgan fingerprint density at radius 2 is 1.88 bits per heavy atom. The Morgan fingerprint density at radius 1 is 1.12 bits per heavy atom. The fourth-order valence-electron chi connectivity index (χ4n) is 3.66. The molecule has 8 nitrogen and oxygen atoms in total. The smallest absolute Gasteiger partial charge is 0.234 e. The molecule has 0 bridgehead atoms. The maximum atomic E-state index is 12.8. The van der Waals surface area contributed by atoms with Crippen LogP contribution in [0.1, 0.15) is 12.5 Å². The van der Waals surface area contributed by atoms with E-state index >= 15 is 0 Å². The molecule has 0 saturated carbocycles. The number of hydrogen-bond donors (Lipinski definition) is 1. The number of benzene rings is 2. The van der Waals surface area contributed by atoms with Crippen molar-refractivity contribution in [2.45, 2.75) is 19.0 Å². The molecular formula is C22H26ClN7OS. The van der Waals surface area contributed by atoms with E-state index in [1.807, 2.05) is 49.4 Å². The Balaban J connectivity index is 1.42. The van der Waals surface area contributed by atoms with Crippen molar-refractivity contribution in [1.82, 2.24) is 25.1 Å². The van der Waals surface area contributed by atoms with Crippen LogP contribution in [0.4, 0.5) is 11.4 Å². The van der Waals surface area contributed by atoms with E-state index in [1.165, 1.54) is 11.8 Å². The predicted molar refractivity (Wildman–Crippen MR) is 129 cm³/mol. The zero-order chi connectivity index (χ0) is 22.5. The van der Waals surface area contributed by atoms with Gasteiger partial charge in [0.2, 0.25) is 11.1 Å². The average molecular weight is 472 g/mol. The van der Waals surface area contributed by atoms with Gasteiger partial charge in [0.1, 0.15) is 0 Å². The van der Waals surface area contributed by atoms with Crippen LogP contribution in [0.2, 0.25) is 5.02 Å². The molecule has 1 amide bonds. The van der Waals surface area contributed by atoms with Gasteiger partial charge in [0.05, 0.1) is 27.8 Å². The van der Waals surface area contributed by atoms with Gasteiger partial charge in [-0.3, -0.25) is 4.79 Å². The number of anilines is 2. The van der Waals surface area contributed by atoms with E-state index in [0.717, 1.165) is 55.3 Å². The maximum Gasteiger partial charge on any atom is 0.234 e. The van der Waals surface area contributed by atoms with Crippen molar-refractivity contribution in [2.24, 2.45) is 0 Å². The van der Waals surface area contributed by atoms with Gasteiger partial charge in [0, 0.05) is 26.2 Å². The van der Waals surface area contributed by atoms with Crippen LogP contribution in [0.15, 0.2) is 47.6 Å². The molecule has 4 rings (SSSR count). The molecule has 2 heterocycles. The molecule has 3 aromatic rings. The standard InChI is InChI=1S/C22H26ClN7OS/c1-3-28-11-13-29(14-12-28)21-18(23)5-4-6-19(21)24-20(31)15-32-22-25-26-27-30(22)17-9-7-16(2)8-10-17/h4-10H,3,11-15H2,1-2H3,(H,24,31). The number of thioether (sulfide) groups is 1. The summed E-state index contributed by atoms with van der Waals surface area (Å²) in [7, 11) is 0. The van der Waals surface area contributed by atoms with Gasteiger partial charge in [-0.2, -0.15) is 4.68 Å². The van der Waals surface area contributed by atoms with Crippen LogP contribution >= 0.6 is 23.4 Å². The number of carbonyl (C=O) groups excluding carboxylic acids is 1. The first-order valence-corrected chi connectivity index (χ1v) is 12.0. The molecule has 0 atom stereocenters. The summed E-state index contributed by atoms with van der Waals surface area (Å²) in [5, 5.41) is 16.1. The normalized spacial score (nSPS) is 14.5. The number of likely N-dealkylation sites (N-methyl/N-ethyl adjacent to an activating group) is 1. The Labute approximate surface area is 196 Å². The van der Waals surface area contributed by atoms with Gasteiger partial charge < -0.3 is 15.1 Å². The number of nitrogens with zero attached hydrogens (tertiary/aromatic N) is 6. The molecule has 1 aliphatic heterocycles. The number of piperazine rings is 1. The molecule has 1 aromatic heterocycles. The predicted octanol–water partition coefficient (Wildman–Crippen LogP) is 3.50. The van der Waals surface area contributed by atoms with Crippen molar-refractivity contribution in [1.29, 1.82) is 0 Å².